The van der Waals surface area contributed by atoms with Crippen LogP contribution < -0.4 is 16.0 Å². The van der Waals surface area contributed by atoms with E-state index >= 15 is 0 Å². The molecule has 1 amide bonds. The van der Waals surface area contributed by atoms with E-state index in [2.05, 4.69) is 24.1 Å². The maximum Gasteiger partial charge on any atom is 0.250 e. The zero-order chi connectivity index (χ0) is 14.7. The third-order valence-corrected chi connectivity index (χ3v) is 4.00. The van der Waals surface area contributed by atoms with Gasteiger partial charge in [-0.25, -0.2) is 4.39 Å². The van der Waals surface area contributed by atoms with Crippen molar-refractivity contribution in [2.75, 3.05) is 18.0 Å². The smallest absolute Gasteiger partial charge is 0.250 e. The second-order valence-electron chi connectivity index (χ2n) is 5.25. The number of carbonyl (C=O) groups excluding carboxylic acids is 1. The molecule has 0 aliphatic carbocycles. The number of hydrogen-bond acceptors (Lipinski definition) is 3. The van der Waals surface area contributed by atoms with Gasteiger partial charge in [0.15, 0.2) is 0 Å². The second kappa shape index (κ2) is 6.22. The molecule has 1 heterocycles. The van der Waals surface area contributed by atoms with Gasteiger partial charge in [0, 0.05) is 25.2 Å². The molecule has 20 heavy (non-hydrogen) atoms. The number of nitrogens with one attached hydrogen (secondary N) is 1. The van der Waals surface area contributed by atoms with Gasteiger partial charge in [-0.3, -0.25) is 4.79 Å². The number of hydrogen-bond donors (Lipinski definition) is 2. The van der Waals surface area contributed by atoms with Gasteiger partial charge in [0.05, 0.1) is 11.3 Å². The van der Waals surface area contributed by atoms with Crippen molar-refractivity contribution in [2.24, 2.45) is 5.73 Å². The van der Waals surface area contributed by atoms with Gasteiger partial charge >= 0.3 is 0 Å². The lowest BCUT2D eigenvalue weighted by molar-refractivity contribution is 0.1000. The molecule has 2 unspecified atom stereocenters. The summed E-state index contributed by atoms with van der Waals surface area (Å²) in [7, 11) is 0. The van der Waals surface area contributed by atoms with E-state index in [1.165, 1.54) is 12.1 Å². The van der Waals surface area contributed by atoms with Crippen LogP contribution in [0.25, 0.3) is 0 Å². The number of nitrogens with zero attached hydrogens (tertiary/aromatic N) is 1. The standard InChI is InChI=1S/C15H22FN3O/c1-3-11-9-19(12(4-2)8-18-11)14-6-5-10(16)7-13(14)15(17)20/h5-7,11-12,18H,3-4,8-9H2,1-2H3,(H2,17,20). The van der Waals surface area contributed by atoms with Crippen LogP contribution in [0.3, 0.4) is 0 Å². The van der Waals surface area contributed by atoms with Crippen molar-refractivity contribution < 1.29 is 9.18 Å². The molecule has 1 fully saturated rings. The molecule has 5 heteroatoms. The first-order valence-corrected chi connectivity index (χ1v) is 7.16. The molecule has 0 saturated carbocycles. The zero-order valence-electron chi connectivity index (χ0n) is 12.0. The molecule has 1 aromatic rings. The highest BCUT2D eigenvalue weighted by atomic mass is 19.1. The Morgan fingerprint density at radius 2 is 2.20 bits per heavy atom. The molecular formula is C15H22FN3O. The predicted molar refractivity (Wildman–Crippen MR) is 78.4 cm³/mol. The van der Waals surface area contributed by atoms with Crippen molar-refractivity contribution in [2.45, 2.75) is 38.8 Å². The summed E-state index contributed by atoms with van der Waals surface area (Å²) in [5.74, 6) is -1.02. The monoisotopic (exact) mass is 279 g/mol. The Hall–Kier alpha value is -1.62. The minimum Gasteiger partial charge on any atom is -0.366 e. The van der Waals surface area contributed by atoms with Crippen molar-refractivity contribution in [1.29, 1.82) is 0 Å². The molecule has 1 aliphatic rings. The van der Waals surface area contributed by atoms with Crippen LogP contribution in [0, 0.1) is 5.82 Å². The molecule has 4 nitrogen and oxygen atoms in total. The van der Waals surface area contributed by atoms with E-state index in [0.717, 1.165) is 31.6 Å². The van der Waals surface area contributed by atoms with Gasteiger partial charge in [0.1, 0.15) is 5.82 Å². The third-order valence-electron chi connectivity index (χ3n) is 4.00. The molecule has 2 atom stereocenters. The summed E-state index contributed by atoms with van der Waals surface area (Å²) in [6, 6.07) is 4.95. The summed E-state index contributed by atoms with van der Waals surface area (Å²) in [4.78, 5) is 13.8. The molecule has 0 spiro atoms. The largest absolute Gasteiger partial charge is 0.366 e. The van der Waals surface area contributed by atoms with E-state index in [0.29, 0.717) is 12.1 Å². The van der Waals surface area contributed by atoms with Gasteiger partial charge < -0.3 is 16.0 Å². The Bertz CT molecular complexity index is 492. The van der Waals surface area contributed by atoms with Crippen LogP contribution in [0.2, 0.25) is 0 Å². The fourth-order valence-electron chi connectivity index (χ4n) is 2.75. The summed E-state index contributed by atoms with van der Waals surface area (Å²) >= 11 is 0. The molecule has 0 aromatic heterocycles. The zero-order valence-corrected chi connectivity index (χ0v) is 12.0. The van der Waals surface area contributed by atoms with Crippen molar-refractivity contribution in [3.63, 3.8) is 0 Å². The maximum absolute atomic E-state index is 13.4. The van der Waals surface area contributed by atoms with E-state index in [1.807, 2.05) is 0 Å². The molecule has 1 aliphatic heterocycles. The van der Waals surface area contributed by atoms with Gasteiger partial charge in [-0.1, -0.05) is 13.8 Å². The van der Waals surface area contributed by atoms with Crippen molar-refractivity contribution >= 4 is 11.6 Å². The highest BCUT2D eigenvalue weighted by Gasteiger charge is 2.28. The number of piperazine rings is 1. The van der Waals surface area contributed by atoms with Crippen molar-refractivity contribution in [3.8, 4) is 0 Å². The summed E-state index contributed by atoms with van der Waals surface area (Å²) in [5.41, 5.74) is 6.40. The molecule has 0 bridgehead atoms. The number of nitrogens with two attached hydrogens (primary N) is 1. The van der Waals surface area contributed by atoms with Crippen LogP contribution in [-0.2, 0) is 0 Å². The second-order valence-corrected chi connectivity index (χ2v) is 5.25. The quantitative estimate of drug-likeness (QED) is 0.885. The molecule has 1 aromatic carbocycles. The average Bonchev–Trinajstić information content (AvgIpc) is 2.46. The summed E-state index contributed by atoms with van der Waals surface area (Å²) in [6.07, 6.45) is 1.97. The molecule has 2 rings (SSSR count). The van der Waals surface area contributed by atoms with E-state index in [1.54, 1.807) is 6.07 Å². The SMILES string of the molecule is CCC1CN(c2ccc(F)cc2C(N)=O)C(CC)CN1. The summed E-state index contributed by atoms with van der Waals surface area (Å²) in [6.45, 7) is 5.91. The average molecular weight is 279 g/mol. The van der Waals surface area contributed by atoms with Gasteiger partial charge in [0.25, 0.3) is 5.91 Å². The normalized spacial score (nSPS) is 22.9. The fourth-order valence-corrected chi connectivity index (χ4v) is 2.75. The lowest BCUT2D eigenvalue weighted by atomic mass is 10.0. The van der Waals surface area contributed by atoms with E-state index < -0.39 is 11.7 Å². The number of primary amides is 1. The van der Waals surface area contributed by atoms with E-state index in [4.69, 9.17) is 5.73 Å². The topological polar surface area (TPSA) is 58.4 Å². The minimum absolute atomic E-state index is 0.264. The lowest BCUT2D eigenvalue weighted by Gasteiger charge is -2.42. The molecule has 110 valence electrons. The number of carbonyl (C=O) groups is 1. The fraction of sp³-hybridized carbons (Fsp3) is 0.533. The first kappa shape index (κ1) is 14.8. The molecule has 0 radical (unpaired) electrons. The lowest BCUT2D eigenvalue weighted by Crippen LogP contribution is -2.56. The maximum atomic E-state index is 13.4. The first-order chi connectivity index (χ1) is 9.56. The summed E-state index contributed by atoms with van der Waals surface area (Å²) < 4.78 is 13.4. The molecule has 3 N–H and O–H groups in total. The Labute approximate surface area is 119 Å². The Kier molecular flexibility index (Phi) is 4.60. The van der Waals surface area contributed by atoms with E-state index in [-0.39, 0.29) is 5.56 Å². The number of benzene rings is 1. The van der Waals surface area contributed by atoms with Crippen LogP contribution in [0.1, 0.15) is 37.0 Å². The predicted octanol–water partition coefficient (Wildman–Crippen LogP) is 1.89. The van der Waals surface area contributed by atoms with Crippen LogP contribution in [0.4, 0.5) is 10.1 Å². The number of amides is 1. The number of halogens is 1. The Morgan fingerprint density at radius 3 is 2.80 bits per heavy atom. The van der Waals surface area contributed by atoms with E-state index in [9.17, 15) is 9.18 Å². The van der Waals surface area contributed by atoms with Crippen LogP contribution in [-0.4, -0.2) is 31.1 Å². The van der Waals surface area contributed by atoms with Crippen molar-refractivity contribution in [1.82, 2.24) is 5.32 Å². The van der Waals surface area contributed by atoms with Gasteiger partial charge in [-0.15, -0.1) is 0 Å². The minimum atomic E-state index is -0.582. The van der Waals surface area contributed by atoms with Crippen molar-refractivity contribution in [3.05, 3.63) is 29.6 Å². The molecule has 1 saturated heterocycles. The van der Waals surface area contributed by atoms with Gasteiger partial charge in [0.2, 0.25) is 0 Å². The summed E-state index contributed by atoms with van der Waals surface area (Å²) in [5, 5.41) is 3.50. The van der Waals surface area contributed by atoms with Gasteiger partial charge in [-0.2, -0.15) is 0 Å². The van der Waals surface area contributed by atoms with Crippen LogP contribution in [0.5, 0.6) is 0 Å². The first-order valence-electron chi connectivity index (χ1n) is 7.16. The van der Waals surface area contributed by atoms with Gasteiger partial charge in [-0.05, 0) is 31.0 Å². The van der Waals surface area contributed by atoms with Crippen LogP contribution in [0.15, 0.2) is 18.2 Å². The number of rotatable bonds is 4. The Morgan fingerprint density at radius 1 is 1.45 bits per heavy atom. The number of anilines is 1. The Balaban J connectivity index is 2.38. The molecular weight excluding hydrogens is 257 g/mol. The highest BCUT2D eigenvalue weighted by Crippen LogP contribution is 2.26. The highest BCUT2D eigenvalue weighted by molar-refractivity contribution is 5.98. The van der Waals surface area contributed by atoms with Crippen LogP contribution >= 0.6 is 0 Å². The third kappa shape index (κ3) is 2.93.